The van der Waals surface area contributed by atoms with E-state index in [2.05, 4.69) is 34.5 Å². The van der Waals surface area contributed by atoms with Gasteiger partial charge < -0.3 is 9.47 Å². The summed E-state index contributed by atoms with van der Waals surface area (Å²) in [6.07, 6.45) is 0. The number of rotatable bonds is 6. The van der Waals surface area contributed by atoms with Gasteiger partial charge in [0.2, 0.25) is 0 Å². The minimum Gasteiger partial charge on any atom is -0.493 e. The van der Waals surface area contributed by atoms with Crippen molar-refractivity contribution in [3.63, 3.8) is 0 Å². The summed E-state index contributed by atoms with van der Waals surface area (Å²) in [7, 11) is 3.22. The molecule has 4 nitrogen and oxygen atoms in total. The molecule has 25 heavy (non-hydrogen) atoms. The Labute approximate surface area is 147 Å². The second-order valence-corrected chi connectivity index (χ2v) is 5.48. The van der Waals surface area contributed by atoms with Crippen molar-refractivity contribution in [1.29, 1.82) is 0 Å². The van der Waals surface area contributed by atoms with Crippen LogP contribution in [0.5, 0.6) is 11.5 Å². The first kappa shape index (κ1) is 16.7. The molecule has 0 amide bonds. The third-order valence-corrected chi connectivity index (χ3v) is 3.89. The van der Waals surface area contributed by atoms with Crippen LogP contribution in [0.15, 0.2) is 89.1 Å². The molecule has 0 unspecified atom stereocenters. The standard InChI is InChI=1S/C21H20N2O2/c1-24-19-14-13-18(15-20(19)25-2)22-23-21(16-9-5-3-6-10-16)17-11-7-4-8-12-17/h3-15,21H,1-2H3. The van der Waals surface area contributed by atoms with Crippen molar-refractivity contribution in [2.45, 2.75) is 6.04 Å². The van der Waals surface area contributed by atoms with Gasteiger partial charge in [0.1, 0.15) is 6.04 Å². The maximum absolute atomic E-state index is 5.33. The van der Waals surface area contributed by atoms with Gasteiger partial charge in [-0.15, -0.1) is 0 Å². The van der Waals surface area contributed by atoms with Crippen molar-refractivity contribution in [2.75, 3.05) is 14.2 Å². The minimum atomic E-state index is -0.157. The van der Waals surface area contributed by atoms with Gasteiger partial charge in [0.25, 0.3) is 0 Å². The number of azo groups is 1. The molecule has 0 saturated carbocycles. The van der Waals surface area contributed by atoms with Gasteiger partial charge in [-0.25, -0.2) is 0 Å². The second-order valence-electron chi connectivity index (χ2n) is 5.48. The lowest BCUT2D eigenvalue weighted by Crippen LogP contribution is -1.96. The molecule has 0 atom stereocenters. The minimum absolute atomic E-state index is 0.157. The summed E-state index contributed by atoms with van der Waals surface area (Å²) < 4.78 is 10.6. The third kappa shape index (κ3) is 4.04. The molecule has 0 aromatic heterocycles. The summed E-state index contributed by atoms with van der Waals surface area (Å²) >= 11 is 0. The number of nitrogens with zero attached hydrogens (tertiary/aromatic N) is 2. The van der Waals surface area contributed by atoms with Gasteiger partial charge >= 0.3 is 0 Å². The van der Waals surface area contributed by atoms with Gasteiger partial charge in [-0.2, -0.15) is 10.2 Å². The highest BCUT2D eigenvalue weighted by atomic mass is 16.5. The van der Waals surface area contributed by atoms with Crippen LogP contribution in [0.25, 0.3) is 0 Å². The van der Waals surface area contributed by atoms with E-state index >= 15 is 0 Å². The lowest BCUT2D eigenvalue weighted by Gasteiger charge is -2.12. The topological polar surface area (TPSA) is 43.2 Å². The van der Waals surface area contributed by atoms with Crippen molar-refractivity contribution in [3.05, 3.63) is 90.0 Å². The van der Waals surface area contributed by atoms with Gasteiger partial charge in [-0.05, 0) is 23.3 Å². The molecule has 0 radical (unpaired) electrons. The highest BCUT2D eigenvalue weighted by molar-refractivity contribution is 5.51. The van der Waals surface area contributed by atoms with Crippen LogP contribution in [0, 0.1) is 0 Å². The van der Waals surface area contributed by atoms with E-state index in [0.717, 1.165) is 16.8 Å². The number of benzene rings is 3. The Morgan fingerprint density at radius 2 is 1.24 bits per heavy atom. The zero-order valence-electron chi connectivity index (χ0n) is 14.3. The van der Waals surface area contributed by atoms with Crippen molar-refractivity contribution in [1.82, 2.24) is 0 Å². The van der Waals surface area contributed by atoms with E-state index in [-0.39, 0.29) is 6.04 Å². The Morgan fingerprint density at radius 1 is 0.680 bits per heavy atom. The molecule has 0 heterocycles. The van der Waals surface area contributed by atoms with E-state index in [1.54, 1.807) is 14.2 Å². The Balaban J connectivity index is 1.94. The highest BCUT2D eigenvalue weighted by Crippen LogP contribution is 2.33. The van der Waals surface area contributed by atoms with Crippen molar-refractivity contribution >= 4 is 5.69 Å². The van der Waals surface area contributed by atoms with Crippen LogP contribution < -0.4 is 9.47 Å². The molecule has 0 bridgehead atoms. The maximum Gasteiger partial charge on any atom is 0.162 e. The molecule has 0 aliphatic heterocycles. The number of ether oxygens (including phenoxy) is 2. The molecule has 0 aliphatic rings. The average Bonchev–Trinajstić information content (AvgIpc) is 2.69. The largest absolute Gasteiger partial charge is 0.493 e. The van der Waals surface area contributed by atoms with Crippen molar-refractivity contribution in [3.8, 4) is 11.5 Å². The van der Waals surface area contributed by atoms with E-state index in [4.69, 9.17) is 9.47 Å². The molecule has 0 aliphatic carbocycles. The fraction of sp³-hybridized carbons (Fsp3) is 0.143. The Bertz CT molecular complexity index is 794. The van der Waals surface area contributed by atoms with Crippen LogP contribution in [0.1, 0.15) is 17.2 Å². The van der Waals surface area contributed by atoms with Crippen LogP contribution in [0.3, 0.4) is 0 Å². The van der Waals surface area contributed by atoms with Crippen LogP contribution in [-0.4, -0.2) is 14.2 Å². The molecule has 3 rings (SSSR count). The molecular weight excluding hydrogens is 312 g/mol. The second kappa shape index (κ2) is 8.11. The third-order valence-electron chi connectivity index (χ3n) is 3.89. The normalized spacial score (nSPS) is 11.0. The summed E-state index contributed by atoms with van der Waals surface area (Å²) in [5.41, 5.74) is 2.91. The Hall–Kier alpha value is -3.14. The zero-order valence-corrected chi connectivity index (χ0v) is 14.3. The van der Waals surface area contributed by atoms with Crippen molar-refractivity contribution < 1.29 is 9.47 Å². The molecule has 0 fully saturated rings. The average molecular weight is 332 g/mol. The fourth-order valence-corrected chi connectivity index (χ4v) is 2.61. The molecule has 0 N–H and O–H groups in total. The first-order chi connectivity index (χ1) is 12.3. The van der Waals surface area contributed by atoms with E-state index in [9.17, 15) is 0 Å². The van der Waals surface area contributed by atoms with Crippen LogP contribution in [0.4, 0.5) is 5.69 Å². The van der Waals surface area contributed by atoms with Gasteiger partial charge in [0, 0.05) is 6.07 Å². The number of methoxy groups -OCH3 is 2. The summed E-state index contributed by atoms with van der Waals surface area (Å²) in [5.74, 6) is 1.30. The summed E-state index contributed by atoms with van der Waals surface area (Å²) in [5, 5.41) is 9.03. The number of hydrogen-bond donors (Lipinski definition) is 0. The molecule has 0 spiro atoms. The maximum atomic E-state index is 5.33. The first-order valence-electron chi connectivity index (χ1n) is 8.04. The SMILES string of the molecule is COc1ccc(N=NC(c2ccccc2)c2ccccc2)cc1OC. The quantitative estimate of drug-likeness (QED) is 0.553. The van der Waals surface area contributed by atoms with Gasteiger partial charge in [-0.1, -0.05) is 60.7 Å². The van der Waals surface area contributed by atoms with Gasteiger partial charge in [-0.3, -0.25) is 0 Å². The van der Waals surface area contributed by atoms with Crippen LogP contribution >= 0.6 is 0 Å². The van der Waals surface area contributed by atoms with Gasteiger partial charge in [0.05, 0.1) is 19.9 Å². The molecular formula is C21H20N2O2. The fourth-order valence-electron chi connectivity index (χ4n) is 2.61. The zero-order chi connectivity index (χ0) is 17.5. The molecule has 126 valence electrons. The Morgan fingerprint density at radius 3 is 1.76 bits per heavy atom. The van der Waals surface area contributed by atoms with E-state index < -0.39 is 0 Å². The molecule has 3 aromatic carbocycles. The lowest BCUT2D eigenvalue weighted by atomic mass is 10.00. The van der Waals surface area contributed by atoms with Crippen molar-refractivity contribution in [2.24, 2.45) is 10.2 Å². The summed E-state index contributed by atoms with van der Waals surface area (Å²) in [4.78, 5) is 0. The summed E-state index contributed by atoms with van der Waals surface area (Å²) in [6.45, 7) is 0. The Kier molecular flexibility index (Phi) is 5.42. The number of hydrogen-bond acceptors (Lipinski definition) is 4. The predicted octanol–water partition coefficient (Wildman–Crippen LogP) is 5.58. The summed E-state index contributed by atoms with van der Waals surface area (Å²) in [6, 6.07) is 25.6. The van der Waals surface area contributed by atoms with E-state index in [1.807, 2.05) is 54.6 Å². The van der Waals surface area contributed by atoms with Gasteiger partial charge in [0.15, 0.2) is 11.5 Å². The molecule has 3 aromatic rings. The highest BCUT2D eigenvalue weighted by Gasteiger charge is 2.13. The monoisotopic (exact) mass is 332 g/mol. The molecule has 4 heteroatoms. The predicted molar refractivity (Wildman–Crippen MR) is 98.8 cm³/mol. The van der Waals surface area contributed by atoms with E-state index in [1.165, 1.54) is 0 Å². The first-order valence-corrected chi connectivity index (χ1v) is 8.04. The van der Waals surface area contributed by atoms with E-state index in [0.29, 0.717) is 11.5 Å². The van der Waals surface area contributed by atoms with Crippen LogP contribution in [-0.2, 0) is 0 Å². The lowest BCUT2D eigenvalue weighted by molar-refractivity contribution is 0.355. The van der Waals surface area contributed by atoms with Crippen LogP contribution in [0.2, 0.25) is 0 Å². The molecule has 0 saturated heterocycles. The smallest absolute Gasteiger partial charge is 0.162 e.